The van der Waals surface area contributed by atoms with Crippen LogP contribution in [0.2, 0.25) is 5.15 Å². The highest BCUT2D eigenvalue weighted by Gasteiger charge is 2.04. The van der Waals surface area contributed by atoms with Crippen molar-refractivity contribution in [2.45, 2.75) is 32.6 Å². The van der Waals surface area contributed by atoms with Crippen molar-refractivity contribution in [2.75, 3.05) is 0 Å². The van der Waals surface area contributed by atoms with Crippen molar-refractivity contribution in [2.24, 2.45) is 0 Å². The number of rotatable bonds is 4. The highest BCUT2D eigenvalue weighted by atomic mass is 35.5. The molecular weight excluding hydrogens is 210 g/mol. The van der Waals surface area contributed by atoms with E-state index in [1.54, 1.807) is 6.20 Å². The second-order valence-corrected chi connectivity index (χ2v) is 4.00. The van der Waals surface area contributed by atoms with E-state index in [2.05, 4.69) is 16.9 Å². The van der Waals surface area contributed by atoms with E-state index in [4.69, 9.17) is 11.6 Å². The van der Waals surface area contributed by atoms with Crippen molar-refractivity contribution in [3.05, 3.63) is 29.4 Å². The molecule has 0 bridgehead atoms. The Balaban J connectivity index is 2.20. The third-order valence-corrected chi connectivity index (χ3v) is 2.68. The lowest BCUT2D eigenvalue weighted by atomic mass is 10.2. The van der Waals surface area contributed by atoms with Crippen molar-refractivity contribution in [1.82, 2.24) is 14.4 Å². The van der Waals surface area contributed by atoms with Crippen LogP contribution in [0.1, 0.15) is 31.9 Å². The Morgan fingerprint density at radius 2 is 2.27 bits per heavy atom. The minimum Gasteiger partial charge on any atom is -0.303 e. The number of hydrogen-bond donors (Lipinski definition) is 0. The molecule has 2 aromatic rings. The summed E-state index contributed by atoms with van der Waals surface area (Å²) in [5.74, 6) is 0. The molecule has 0 aliphatic heterocycles. The lowest BCUT2D eigenvalue weighted by molar-refractivity contribution is 0.710. The van der Waals surface area contributed by atoms with Crippen LogP contribution in [0, 0.1) is 0 Å². The van der Waals surface area contributed by atoms with Crippen LogP contribution in [0.4, 0.5) is 0 Å². The highest BCUT2D eigenvalue weighted by molar-refractivity contribution is 6.32. The molecule has 0 amide bonds. The van der Waals surface area contributed by atoms with Gasteiger partial charge in [-0.25, -0.2) is 9.97 Å². The SMILES string of the molecule is CCCCCc1cn2ccnc(Cl)c2n1. The van der Waals surface area contributed by atoms with Gasteiger partial charge in [0.25, 0.3) is 0 Å². The lowest BCUT2D eigenvalue weighted by Gasteiger charge is -1.92. The molecule has 0 atom stereocenters. The molecular formula is C11H14ClN3. The van der Waals surface area contributed by atoms with E-state index in [-0.39, 0.29) is 0 Å². The predicted molar refractivity (Wildman–Crippen MR) is 61.2 cm³/mol. The van der Waals surface area contributed by atoms with E-state index in [1.165, 1.54) is 19.3 Å². The van der Waals surface area contributed by atoms with Crippen molar-refractivity contribution in [3.63, 3.8) is 0 Å². The van der Waals surface area contributed by atoms with Gasteiger partial charge in [0.15, 0.2) is 10.8 Å². The van der Waals surface area contributed by atoms with Gasteiger partial charge in [-0.2, -0.15) is 0 Å². The zero-order valence-corrected chi connectivity index (χ0v) is 9.54. The number of nitrogens with zero attached hydrogens (tertiary/aromatic N) is 3. The third kappa shape index (κ3) is 2.29. The second kappa shape index (κ2) is 4.62. The van der Waals surface area contributed by atoms with Crippen LogP contribution in [0.15, 0.2) is 18.6 Å². The molecule has 0 aliphatic carbocycles. The molecule has 0 radical (unpaired) electrons. The molecule has 0 spiro atoms. The topological polar surface area (TPSA) is 30.2 Å². The number of fused-ring (bicyclic) bond motifs is 1. The average molecular weight is 224 g/mol. The number of imidazole rings is 1. The molecule has 80 valence electrons. The fraction of sp³-hybridized carbons (Fsp3) is 0.455. The Morgan fingerprint density at radius 1 is 1.40 bits per heavy atom. The molecule has 2 rings (SSSR count). The Morgan fingerprint density at radius 3 is 3.00 bits per heavy atom. The second-order valence-electron chi connectivity index (χ2n) is 3.64. The minimum atomic E-state index is 0.472. The molecule has 0 aromatic carbocycles. The fourth-order valence-corrected chi connectivity index (χ4v) is 1.81. The first-order valence-corrected chi connectivity index (χ1v) is 5.67. The molecule has 3 nitrogen and oxygen atoms in total. The van der Waals surface area contributed by atoms with Gasteiger partial charge in [-0.3, -0.25) is 0 Å². The first-order chi connectivity index (χ1) is 7.31. The van der Waals surface area contributed by atoms with Gasteiger partial charge < -0.3 is 4.40 Å². The van der Waals surface area contributed by atoms with Crippen LogP contribution in [-0.2, 0) is 6.42 Å². The first-order valence-electron chi connectivity index (χ1n) is 5.29. The maximum atomic E-state index is 5.94. The zero-order valence-electron chi connectivity index (χ0n) is 8.78. The van der Waals surface area contributed by atoms with Gasteiger partial charge in [-0.1, -0.05) is 31.4 Å². The van der Waals surface area contributed by atoms with Crippen LogP contribution in [0.3, 0.4) is 0 Å². The maximum absolute atomic E-state index is 5.94. The Kier molecular flexibility index (Phi) is 3.21. The highest BCUT2D eigenvalue weighted by Crippen LogP contribution is 2.14. The van der Waals surface area contributed by atoms with E-state index in [0.29, 0.717) is 5.15 Å². The van der Waals surface area contributed by atoms with Crippen LogP contribution in [0.25, 0.3) is 5.65 Å². The molecule has 0 saturated heterocycles. The Bertz CT molecular complexity index is 450. The summed E-state index contributed by atoms with van der Waals surface area (Å²) in [7, 11) is 0. The number of aromatic nitrogens is 3. The summed E-state index contributed by atoms with van der Waals surface area (Å²) in [6.07, 6.45) is 10.3. The molecule has 15 heavy (non-hydrogen) atoms. The van der Waals surface area contributed by atoms with Gasteiger partial charge in [0, 0.05) is 18.6 Å². The van der Waals surface area contributed by atoms with Crippen molar-refractivity contribution < 1.29 is 0 Å². The van der Waals surface area contributed by atoms with Gasteiger partial charge >= 0.3 is 0 Å². The molecule has 4 heteroatoms. The molecule has 2 heterocycles. The van der Waals surface area contributed by atoms with Crippen molar-refractivity contribution >= 4 is 17.2 Å². The average Bonchev–Trinajstić information content (AvgIpc) is 2.63. The molecule has 0 fully saturated rings. The van der Waals surface area contributed by atoms with Gasteiger partial charge in [0.2, 0.25) is 0 Å². The largest absolute Gasteiger partial charge is 0.303 e. The Labute approximate surface area is 94.1 Å². The van der Waals surface area contributed by atoms with E-state index < -0.39 is 0 Å². The molecule has 0 N–H and O–H groups in total. The normalized spacial score (nSPS) is 11.1. The van der Waals surface area contributed by atoms with E-state index in [1.807, 2.05) is 16.8 Å². The van der Waals surface area contributed by atoms with Crippen LogP contribution >= 0.6 is 11.6 Å². The van der Waals surface area contributed by atoms with Gasteiger partial charge in [-0.15, -0.1) is 0 Å². The molecule has 0 unspecified atom stereocenters. The molecule has 2 aromatic heterocycles. The minimum absolute atomic E-state index is 0.472. The summed E-state index contributed by atoms with van der Waals surface area (Å²) >= 11 is 5.94. The Hall–Kier alpha value is -1.09. The maximum Gasteiger partial charge on any atom is 0.175 e. The zero-order chi connectivity index (χ0) is 10.7. The summed E-state index contributed by atoms with van der Waals surface area (Å²) in [6.45, 7) is 2.20. The van der Waals surface area contributed by atoms with E-state index >= 15 is 0 Å². The standard InChI is InChI=1S/C11H14ClN3/c1-2-3-4-5-9-8-15-7-6-13-10(12)11(15)14-9/h6-8H,2-5H2,1H3. The number of aryl methyl sites for hydroxylation is 1. The predicted octanol–water partition coefficient (Wildman–Crippen LogP) is 3.12. The van der Waals surface area contributed by atoms with E-state index in [9.17, 15) is 0 Å². The van der Waals surface area contributed by atoms with E-state index in [0.717, 1.165) is 17.8 Å². The van der Waals surface area contributed by atoms with Gasteiger partial charge in [-0.05, 0) is 12.8 Å². The molecule has 0 aliphatic rings. The fourth-order valence-electron chi connectivity index (χ4n) is 1.62. The quantitative estimate of drug-likeness (QED) is 0.746. The monoisotopic (exact) mass is 223 g/mol. The summed E-state index contributed by atoms with van der Waals surface area (Å²) in [5.41, 5.74) is 1.85. The van der Waals surface area contributed by atoms with Gasteiger partial charge in [0.1, 0.15) is 0 Å². The number of halogens is 1. The van der Waals surface area contributed by atoms with Gasteiger partial charge in [0.05, 0.1) is 5.69 Å². The van der Waals surface area contributed by atoms with Crippen molar-refractivity contribution in [3.8, 4) is 0 Å². The van der Waals surface area contributed by atoms with Crippen LogP contribution in [0.5, 0.6) is 0 Å². The summed E-state index contributed by atoms with van der Waals surface area (Å²) in [5, 5.41) is 0.472. The lowest BCUT2D eigenvalue weighted by Crippen LogP contribution is -1.85. The first kappa shape index (κ1) is 10.4. The smallest absolute Gasteiger partial charge is 0.175 e. The summed E-state index contributed by atoms with van der Waals surface area (Å²) < 4.78 is 1.93. The summed E-state index contributed by atoms with van der Waals surface area (Å²) in [6, 6.07) is 0. The summed E-state index contributed by atoms with van der Waals surface area (Å²) in [4.78, 5) is 8.45. The number of unbranched alkanes of at least 4 members (excludes halogenated alkanes) is 2. The van der Waals surface area contributed by atoms with Crippen LogP contribution < -0.4 is 0 Å². The van der Waals surface area contributed by atoms with Crippen molar-refractivity contribution in [1.29, 1.82) is 0 Å². The third-order valence-electron chi connectivity index (χ3n) is 2.42. The van der Waals surface area contributed by atoms with Crippen LogP contribution in [-0.4, -0.2) is 14.4 Å². The number of hydrogen-bond acceptors (Lipinski definition) is 2. The molecule has 0 saturated carbocycles.